The number of hydrogen-bond donors (Lipinski definition) is 1. The zero-order valence-electron chi connectivity index (χ0n) is 6.29. The van der Waals surface area contributed by atoms with Gasteiger partial charge in [-0.3, -0.25) is 0 Å². The Kier molecular flexibility index (Phi) is 2.63. The topological polar surface area (TPSA) is 52.3 Å². The number of nitrogen functional groups attached to an aromatic ring is 1. The van der Waals surface area contributed by atoms with Gasteiger partial charge in [-0.1, -0.05) is 12.1 Å². The van der Waals surface area contributed by atoms with Crippen LogP contribution in [-0.4, -0.2) is 12.8 Å². The predicted molar refractivity (Wildman–Crippen MR) is 42.2 cm³/mol. The molecule has 0 aliphatic rings. The monoisotopic (exact) mass is 169 g/mol. The maximum Gasteiger partial charge on any atom is 0.342 e. The Hall–Kier alpha value is -1.58. The molecule has 0 atom stereocenters. The molecule has 0 saturated carbocycles. The molecule has 0 aliphatic carbocycles. The van der Waals surface area contributed by atoms with Crippen molar-refractivity contribution >= 4 is 11.7 Å². The average molecular weight is 169 g/mol. The van der Waals surface area contributed by atoms with Crippen molar-refractivity contribution in [3.8, 4) is 0 Å². The second-order valence-corrected chi connectivity index (χ2v) is 2.13. The molecule has 0 fully saturated rings. The number of hydrogen-bond acceptors (Lipinski definition) is 3. The van der Waals surface area contributed by atoms with Crippen molar-refractivity contribution in [2.45, 2.75) is 0 Å². The standard InChI is InChI=1S/C8H8FNO2/c9-5-12-8(11)6-3-1-2-4-7(6)10/h1-4H,5,10H2. The van der Waals surface area contributed by atoms with Crippen molar-refractivity contribution in [2.75, 3.05) is 12.6 Å². The number of carbonyl (C=O) groups is 1. The molecule has 64 valence electrons. The molecule has 12 heavy (non-hydrogen) atoms. The van der Waals surface area contributed by atoms with Crippen molar-refractivity contribution in [3.63, 3.8) is 0 Å². The Morgan fingerprint density at radius 2 is 2.17 bits per heavy atom. The highest BCUT2D eigenvalue weighted by molar-refractivity contribution is 5.94. The number of carbonyl (C=O) groups excluding carboxylic acids is 1. The van der Waals surface area contributed by atoms with Gasteiger partial charge in [-0.15, -0.1) is 0 Å². The van der Waals surface area contributed by atoms with Gasteiger partial charge < -0.3 is 10.5 Å². The van der Waals surface area contributed by atoms with Crippen LogP contribution in [0, 0.1) is 0 Å². The molecule has 1 rings (SSSR count). The number of esters is 1. The van der Waals surface area contributed by atoms with E-state index in [2.05, 4.69) is 4.74 Å². The molecular weight excluding hydrogens is 161 g/mol. The van der Waals surface area contributed by atoms with E-state index in [0.717, 1.165) is 0 Å². The van der Waals surface area contributed by atoms with Crippen LogP contribution in [-0.2, 0) is 4.74 Å². The lowest BCUT2D eigenvalue weighted by atomic mass is 10.2. The minimum Gasteiger partial charge on any atom is -0.430 e. The van der Waals surface area contributed by atoms with Gasteiger partial charge in [0.2, 0.25) is 6.86 Å². The summed E-state index contributed by atoms with van der Waals surface area (Å²) >= 11 is 0. The van der Waals surface area contributed by atoms with Crippen molar-refractivity contribution in [2.24, 2.45) is 0 Å². The zero-order valence-corrected chi connectivity index (χ0v) is 6.29. The second kappa shape index (κ2) is 3.71. The van der Waals surface area contributed by atoms with Gasteiger partial charge >= 0.3 is 5.97 Å². The molecule has 3 nitrogen and oxygen atoms in total. The normalized spacial score (nSPS) is 9.42. The van der Waals surface area contributed by atoms with Gasteiger partial charge in [0.1, 0.15) is 0 Å². The highest BCUT2D eigenvalue weighted by Crippen LogP contribution is 2.11. The molecule has 0 heterocycles. The summed E-state index contributed by atoms with van der Waals surface area (Å²) in [5.41, 5.74) is 5.91. The van der Waals surface area contributed by atoms with Gasteiger partial charge in [0, 0.05) is 5.69 Å². The summed E-state index contributed by atoms with van der Waals surface area (Å²) in [6.45, 7) is -1.13. The van der Waals surface area contributed by atoms with E-state index in [-0.39, 0.29) is 11.3 Å². The molecule has 0 bridgehead atoms. The molecule has 0 amide bonds. The highest BCUT2D eigenvalue weighted by atomic mass is 19.1. The van der Waals surface area contributed by atoms with Gasteiger partial charge in [0.15, 0.2) is 0 Å². The van der Waals surface area contributed by atoms with Crippen molar-refractivity contribution in [3.05, 3.63) is 29.8 Å². The first-order chi connectivity index (χ1) is 5.75. The Morgan fingerprint density at radius 1 is 1.50 bits per heavy atom. The molecule has 0 spiro atoms. The minimum atomic E-state index is -1.13. The summed E-state index contributed by atoms with van der Waals surface area (Å²) in [6.07, 6.45) is 0. The largest absolute Gasteiger partial charge is 0.430 e. The summed E-state index contributed by atoms with van der Waals surface area (Å²) < 4.78 is 15.7. The van der Waals surface area contributed by atoms with E-state index < -0.39 is 12.8 Å². The number of benzene rings is 1. The molecule has 0 aromatic heterocycles. The van der Waals surface area contributed by atoms with E-state index in [1.807, 2.05) is 0 Å². The van der Waals surface area contributed by atoms with Crippen LogP contribution in [0.15, 0.2) is 24.3 Å². The zero-order chi connectivity index (χ0) is 8.97. The molecule has 0 unspecified atom stereocenters. The second-order valence-electron chi connectivity index (χ2n) is 2.13. The van der Waals surface area contributed by atoms with E-state index >= 15 is 0 Å². The van der Waals surface area contributed by atoms with E-state index in [4.69, 9.17) is 5.73 Å². The number of ether oxygens (including phenoxy) is 1. The van der Waals surface area contributed by atoms with Crippen LogP contribution in [0.3, 0.4) is 0 Å². The lowest BCUT2D eigenvalue weighted by Crippen LogP contribution is -2.06. The summed E-state index contributed by atoms with van der Waals surface area (Å²) in [4.78, 5) is 10.9. The number of anilines is 1. The van der Waals surface area contributed by atoms with E-state index in [9.17, 15) is 9.18 Å². The summed E-state index contributed by atoms with van der Waals surface area (Å²) in [5, 5.41) is 0. The number of nitrogens with two attached hydrogens (primary N) is 1. The molecule has 1 aromatic carbocycles. The molecular formula is C8H8FNO2. The fourth-order valence-corrected chi connectivity index (χ4v) is 0.810. The van der Waals surface area contributed by atoms with E-state index in [1.54, 1.807) is 18.2 Å². The first kappa shape index (κ1) is 8.52. The van der Waals surface area contributed by atoms with Crippen LogP contribution in [0.1, 0.15) is 10.4 Å². The third-order valence-electron chi connectivity index (χ3n) is 1.37. The van der Waals surface area contributed by atoms with Crippen LogP contribution >= 0.6 is 0 Å². The third-order valence-corrected chi connectivity index (χ3v) is 1.37. The van der Waals surface area contributed by atoms with Gasteiger partial charge in [-0.2, -0.15) is 0 Å². The summed E-state index contributed by atoms with van der Waals surface area (Å²) in [5.74, 6) is -0.740. The van der Waals surface area contributed by atoms with Crippen molar-refractivity contribution < 1.29 is 13.9 Å². The van der Waals surface area contributed by atoms with Crippen LogP contribution in [0.25, 0.3) is 0 Å². The number of rotatable bonds is 2. The maximum absolute atomic E-state index is 11.6. The molecule has 0 saturated heterocycles. The Morgan fingerprint density at radius 3 is 2.75 bits per heavy atom. The molecule has 1 aromatic rings. The third kappa shape index (κ3) is 1.72. The Bertz CT molecular complexity index is 288. The van der Waals surface area contributed by atoms with Gasteiger partial charge in [0.05, 0.1) is 5.56 Å². The molecule has 0 radical (unpaired) electrons. The van der Waals surface area contributed by atoms with Crippen LogP contribution < -0.4 is 5.73 Å². The SMILES string of the molecule is Nc1ccccc1C(=O)OCF. The Balaban J connectivity index is 2.87. The smallest absolute Gasteiger partial charge is 0.342 e. The predicted octanol–water partition coefficient (Wildman–Crippen LogP) is 1.35. The molecule has 4 heteroatoms. The summed E-state index contributed by atoms with van der Waals surface area (Å²) in [6, 6.07) is 6.34. The van der Waals surface area contributed by atoms with Gasteiger partial charge in [-0.25, -0.2) is 9.18 Å². The van der Waals surface area contributed by atoms with Gasteiger partial charge in [0.25, 0.3) is 0 Å². The lowest BCUT2D eigenvalue weighted by molar-refractivity contribution is 0.0325. The molecule has 0 aliphatic heterocycles. The van der Waals surface area contributed by atoms with Crippen LogP contribution in [0.2, 0.25) is 0 Å². The lowest BCUT2D eigenvalue weighted by Gasteiger charge is -2.02. The van der Waals surface area contributed by atoms with Gasteiger partial charge in [-0.05, 0) is 12.1 Å². The number of halogens is 1. The van der Waals surface area contributed by atoms with Crippen molar-refractivity contribution in [1.82, 2.24) is 0 Å². The van der Waals surface area contributed by atoms with E-state index in [1.165, 1.54) is 6.07 Å². The fraction of sp³-hybridized carbons (Fsp3) is 0.125. The minimum absolute atomic E-state index is 0.190. The highest BCUT2D eigenvalue weighted by Gasteiger charge is 2.08. The Labute approximate surface area is 68.9 Å². The fourth-order valence-electron chi connectivity index (χ4n) is 0.810. The summed E-state index contributed by atoms with van der Waals surface area (Å²) in [7, 11) is 0. The average Bonchev–Trinajstić information content (AvgIpc) is 2.05. The molecule has 2 N–H and O–H groups in total. The first-order valence-corrected chi connectivity index (χ1v) is 3.33. The van der Waals surface area contributed by atoms with E-state index in [0.29, 0.717) is 0 Å². The van der Waals surface area contributed by atoms with Crippen LogP contribution in [0.5, 0.6) is 0 Å². The first-order valence-electron chi connectivity index (χ1n) is 3.33. The van der Waals surface area contributed by atoms with Crippen molar-refractivity contribution in [1.29, 1.82) is 0 Å². The number of alkyl halides is 1. The van der Waals surface area contributed by atoms with Crippen LogP contribution in [0.4, 0.5) is 10.1 Å². The maximum atomic E-state index is 11.6. The quantitative estimate of drug-likeness (QED) is 0.537. The number of para-hydroxylation sites is 1.